The van der Waals surface area contributed by atoms with Crippen LogP contribution in [-0.4, -0.2) is 33.2 Å². The van der Waals surface area contributed by atoms with E-state index in [4.69, 9.17) is 5.11 Å². The van der Waals surface area contributed by atoms with Crippen LogP contribution in [0.5, 0.6) is 0 Å². The van der Waals surface area contributed by atoms with E-state index in [0.717, 1.165) is 0 Å². The van der Waals surface area contributed by atoms with E-state index in [0.29, 0.717) is 5.69 Å². The van der Waals surface area contributed by atoms with Crippen LogP contribution in [0.2, 0.25) is 0 Å². The van der Waals surface area contributed by atoms with Crippen LogP contribution in [0.15, 0.2) is 30.3 Å². The predicted molar refractivity (Wildman–Crippen MR) is 60.3 cm³/mol. The van der Waals surface area contributed by atoms with Crippen LogP contribution >= 0.6 is 0 Å². The van der Waals surface area contributed by atoms with Crippen LogP contribution in [0.1, 0.15) is 0 Å². The number of nitrogens with zero attached hydrogens (tertiary/aromatic N) is 4. The van der Waals surface area contributed by atoms with E-state index in [1.54, 1.807) is 30.3 Å². The quantitative estimate of drug-likeness (QED) is 0.888. The minimum Gasteiger partial charge on any atom is -0.395 e. The highest BCUT2D eigenvalue weighted by Crippen LogP contribution is 2.20. The molecular weight excluding hydrogens is 242 g/mol. The second kappa shape index (κ2) is 5.46. The zero-order valence-electron chi connectivity index (χ0n) is 9.29. The highest BCUT2D eigenvalue weighted by molar-refractivity contribution is 5.56. The van der Waals surface area contributed by atoms with Gasteiger partial charge in [0.05, 0.1) is 6.61 Å². The maximum absolute atomic E-state index is 13.0. The molecule has 0 aliphatic carbocycles. The van der Waals surface area contributed by atoms with Gasteiger partial charge >= 0.3 is 12.2 Å². The number of rotatable bonds is 4. The van der Waals surface area contributed by atoms with Gasteiger partial charge in [-0.1, -0.05) is 18.2 Å². The molecule has 18 heavy (non-hydrogen) atoms. The third-order valence-electron chi connectivity index (χ3n) is 2.20. The van der Waals surface area contributed by atoms with Gasteiger partial charge in [-0.05, 0) is 12.1 Å². The number of aromatic nitrogens is 3. The molecule has 0 amide bonds. The predicted octanol–water partition coefficient (Wildman–Crippen LogP) is 1.28. The number of aliphatic hydroxyl groups is 1. The summed E-state index contributed by atoms with van der Waals surface area (Å²) in [5.41, 5.74) is 0.622. The average molecular weight is 252 g/mol. The van der Waals surface area contributed by atoms with Crippen molar-refractivity contribution < 1.29 is 13.9 Å². The van der Waals surface area contributed by atoms with Crippen molar-refractivity contribution in [2.45, 2.75) is 0 Å². The molecule has 0 aliphatic heterocycles. The number of hydrogen-bond donors (Lipinski definition) is 1. The average Bonchev–Trinajstić information content (AvgIpc) is 2.36. The number of para-hydroxylation sites is 1. The fraction of sp³-hybridized carbons (Fsp3) is 0.182. The molecule has 2 rings (SSSR count). The molecule has 0 unspecified atom stereocenters. The molecule has 0 radical (unpaired) electrons. The van der Waals surface area contributed by atoms with Crippen molar-refractivity contribution in [3.63, 3.8) is 0 Å². The van der Waals surface area contributed by atoms with E-state index >= 15 is 0 Å². The van der Waals surface area contributed by atoms with Crippen molar-refractivity contribution in [2.75, 3.05) is 18.1 Å². The molecule has 7 heteroatoms. The summed E-state index contributed by atoms with van der Waals surface area (Å²) < 4.78 is 25.9. The third-order valence-corrected chi connectivity index (χ3v) is 2.20. The van der Waals surface area contributed by atoms with Crippen molar-refractivity contribution in [1.82, 2.24) is 15.0 Å². The van der Waals surface area contributed by atoms with Gasteiger partial charge in [0.1, 0.15) is 0 Å². The van der Waals surface area contributed by atoms with Crippen LogP contribution < -0.4 is 4.90 Å². The van der Waals surface area contributed by atoms with Crippen molar-refractivity contribution in [1.29, 1.82) is 0 Å². The zero-order chi connectivity index (χ0) is 13.0. The van der Waals surface area contributed by atoms with Crippen LogP contribution in [0.4, 0.5) is 20.4 Å². The molecule has 0 fully saturated rings. The first kappa shape index (κ1) is 12.3. The van der Waals surface area contributed by atoms with Crippen molar-refractivity contribution >= 4 is 11.6 Å². The van der Waals surface area contributed by atoms with Gasteiger partial charge in [-0.3, -0.25) is 0 Å². The number of hydrogen-bond acceptors (Lipinski definition) is 5. The molecule has 1 aromatic heterocycles. The lowest BCUT2D eigenvalue weighted by Gasteiger charge is -2.21. The highest BCUT2D eigenvalue weighted by Gasteiger charge is 2.14. The summed E-state index contributed by atoms with van der Waals surface area (Å²) in [6, 6.07) is 8.75. The maximum Gasteiger partial charge on any atom is 0.315 e. The molecular formula is C11H10F2N4O. The van der Waals surface area contributed by atoms with Crippen LogP contribution in [0.25, 0.3) is 0 Å². The maximum atomic E-state index is 13.0. The Hall–Kier alpha value is -2.15. The standard InChI is InChI=1S/C11H10F2N4O/c12-9-14-10(13)16-11(15-9)17(6-7-18)8-4-2-1-3-5-8/h1-5,18H,6-7H2. The molecule has 2 aromatic rings. The Bertz CT molecular complexity index is 503. The molecule has 1 aromatic carbocycles. The molecule has 0 atom stereocenters. The molecule has 0 saturated carbocycles. The lowest BCUT2D eigenvalue weighted by atomic mass is 10.3. The monoisotopic (exact) mass is 252 g/mol. The first-order chi connectivity index (χ1) is 8.70. The number of anilines is 2. The fourth-order valence-electron chi connectivity index (χ4n) is 1.49. The van der Waals surface area contributed by atoms with E-state index in [1.165, 1.54) is 4.90 Å². The summed E-state index contributed by atoms with van der Waals surface area (Å²) in [6.07, 6.45) is -2.40. The lowest BCUT2D eigenvalue weighted by molar-refractivity contribution is 0.304. The molecule has 0 aliphatic rings. The van der Waals surface area contributed by atoms with Crippen molar-refractivity contribution in [3.8, 4) is 0 Å². The topological polar surface area (TPSA) is 62.1 Å². The Balaban J connectivity index is 2.41. The molecule has 0 spiro atoms. The number of benzene rings is 1. The summed E-state index contributed by atoms with van der Waals surface area (Å²) >= 11 is 0. The van der Waals surface area contributed by atoms with E-state index in [9.17, 15) is 8.78 Å². The first-order valence-electron chi connectivity index (χ1n) is 5.21. The molecule has 0 saturated heterocycles. The van der Waals surface area contributed by atoms with Crippen molar-refractivity contribution in [2.24, 2.45) is 0 Å². The first-order valence-corrected chi connectivity index (χ1v) is 5.21. The van der Waals surface area contributed by atoms with Gasteiger partial charge in [0.2, 0.25) is 5.95 Å². The normalized spacial score (nSPS) is 10.4. The summed E-state index contributed by atoms with van der Waals surface area (Å²) in [5.74, 6) is -0.180. The largest absolute Gasteiger partial charge is 0.395 e. The second-order valence-electron chi connectivity index (χ2n) is 3.38. The van der Waals surface area contributed by atoms with E-state index in [-0.39, 0.29) is 19.1 Å². The molecule has 1 heterocycles. The van der Waals surface area contributed by atoms with E-state index < -0.39 is 12.2 Å². The van der Waals surface area contributed by atoms with Crippen LogP contribution in [0.3, 0.4) is 0 Å². The SMILES string of the molecule is OCCN(c1ccccc1)c1nc(F)nc(F)n1. The van der Waals surface area contributed by atoms with Gasteiger partial charge in [0.15, 0.2) is 0 Å². The van der Waals surface area contributed by atoms with Gasteiger partial charge in [-0.25, -0.2) is 0 Å². The summed E-state index contributed by atoms with van der Waals surface area (Å²) in [4.78, 5) is 11.1. The fourth-order valence-corrected chi connectivity index (χ4v) is 1.49. The zero-order valence-corrected chi connectivity index (χ0v) is 9.29. The van der Waals surface area contributed by atoms with Gasteiger partial charge in [-0.2, -0.15) is 23.7 Å². The number of aliphatic hydroxyl groups excluding tert-OH is 1. The smallest absolute Gasteiger partial charge is 0.315 e. The van der Waals surface area contributed by atoms with Gasteiger partial charge in [-0.15, -0.1) is 0 Å². The molecule has 1 N–H and O–H groups in total. The number of halogens is 2. The highest BCUT2D eigenvalue weighted by atomic mass is 19.1. The van der Waals surface area contributed by atoms with E-state index in [2.05, 4.69) is 15.0 Å². The van der Waals surface area contributed by atoms with Crippen molar-refractivity contribution in [3.05, 3.63) is 42.5 Å². The Morgan fingerprint density at radius 2 is 1.61 bits per heavy atom. The summed E-state index contributed by atoms with van der Waals surface area (Å²) in [5, 5.41) is 9.00. The van der Waals surface area contributed by atoms with Crippen LogP contribution in [-0.2, 0) is 0 Å². The second-order valence-corrected chi connectivity index (χ2v) is 3.38. The Morgan fingerprint density at radius 1 is 1.00 bits per heavy atom. The third kappa shape index (κ3) is 2.75. The molecule has 94 valence electrons. The van der Waals surface area contributed by atoms with Gasteiger partial charge < -0.3 is 10.0 Å². The lowest BCUT2D eigenvalue weighted by Crippen LogP contribution is -2.24. The van der Waals surface area contributed by atoms with Gasteiger partial charge in [0, 0.05) is 12.2 Å². The summed E-state index contributed by atoms with van der Waals surface area (Å²) in [7, 11) is 0. The minimum absolute atomic E-state index is 0.118. The minimum atomic E-state index is -1.20. The summed E-state index contributed by atoms with van der Waals surface area (Å²) in [6.45, 7) is -0.0866. The Morgan fingerprint density at radius 3 is 2.17 bits per heavy atom. The van der Waals surface area contributed by atoms with Crippen LogP contribution in [0, 0.1) is 12.2 Å². The molecule has 0 bridgehead atoms. The Kier molecular flexibility index (Phi) is 3.73. The molecule has 5 nitrogen and oxygen atoms in total. The van der Waals surface area contributed by atoms with E-state index in [1.807, 2.05) is 0 Å². The van der Waals surface area contributed by atoms with Gasteiger partial charge in [0.25, 0.3) is 0 Å². The Labute approximate surface area is 102 Å².